The molecule has 4 rings (SSSR count). The zero-order valence-corrected chi connectivity index (χ0v) is 19.7. The highest BCUT2D eigenvalue weighted by atomic mass is 32.2. The van der Waals surface area contributed by atoms with Gasteiger partial charge in [0.25, 0.3) is 5.56 Å². The van der Waals surface area contributed by atoms with E-state index in [2.05, 4.69) is 20.6 Å². The smallest absolute Gasteiger partial charge is 0.297 e. The molecular formula is C21H21N5O2S3. The van der Waals surface area contributed by atoms with E-state index in [0.717, 1.165) is 10.4 Å². The lowest BCUT2D eigenvalue weighted by molar-refractivity contribution is -0.119. The van der Waals surface area contributed by atoms with Crippen molar-refractivity contribution in [2.75, 3.05) is 5.75 Å². The van der Waals surface area contributed by atoms with Gasteiger partial charge in [-0.3, -0.25) is 9.59 Å². The molecule has 0 aliphatic heterocycles. The van der Waals surface area contributed by atoms with Crippen molar-refractivity contribution in [3.63, 3.8) is 0 Å². The topological polar surface area (TPSA) is 89.2 Å². The minimum Gasteiger partial charge on any atom is -0.344 e. The minimum atomic E-state index is -0.420. The summed E-state index contributed by atoms with van der Waals surface area (Å²) in [6.45, 7) is 5.73. The molecule has 1 aromatic carbocycles. The van der Waals surface area contributed by atoms with E-state index >= 15 is 0 Å². The maximum Gasteiger partial charge on any atom is 0.297 e. The van der Waals surface area contributed by atoms with Crippen LogP contribution in [0.25, 0.3) is 4.96 Å². The van der Waals surface area contributed by atoms with Crippen LogP contribution in [0, 0.1) is 0 Å². The molecule has 10 heteroatoms. The summed E-state index contributed by atoms with van der Waals surface area (Å²) in [7, 11) is 0. The highest BCUT2D eigenvalue weighted by Crippen LogP contribution is 2.27. The summed E-state index contributed by atoms with van der Waals surface area (Å²) in [5.41, 5.74) is 0.703. The van der Waals surface area contributed by atoms with Gasteiger partial charge in [0.2, 0.25) is 10.9 Å². The van der Waals surface area contributed by atoms with Crippen molar-refractivity contribution in [2.45, 2.75) is 36.6 Å². The number of carbonyl (C=O) groups excluding carboxylic acids is 1. The van der Waals surface area contributed by atoms with E-state index in [-0.39, 0.29) is 23.3 Å². The number of amides is 1. The molecule has 0 spiro atoms. The second-order valence-electron chi connectivity index (χ2n) is 7.88. The highest BCUT2D eigenvalue weighted by molar-refractivity contribution is 8.01. The van der Waals surface area contributed by atoms with Crippen molar-refractivity contribution in [1.29, 1.82) is 0 Å². The molecule has 0 aliphatic carbocycles. The van der Waals surface area contributed by atoms with Gasteiger partial charge in [-0.15, -0.1) is 26.6 Å². The number of fused-ring (bicyclic) bond motifs is 1. The fourth-order valence-corrected chi connectivity index (χ4v) is 5.46. The molecule has 1 N–H and O–H groups in total. The molecule has 1 amide bonds. The number of benzene rings is 1. The van der Waals surface area contributed by atoms with Crippen LogP contribution in [0.15, 0.2) is 57.0 Å². The lowest BCUT2D eigenvalue weighted by Gasteiger charge is -2.17. The first-order valence-electron chi connectivity index (χ1n) is 9.60. The number of hydrogen-bond acceptors (Lipinski definition) is 8. The third kappa shape index (κ3) is 4.86. The molecule has 0 saturated carbocycles. The lowest BCUT2D eigenvalue weighted by Crippen LogP contribution is -2.30. The first-order chi connectivity index (χ1) is 14.8. The fourth-order valence-electron chi connectivity index (χ4n) is 2.98. The quantitative estimate of drug-likeness (QED) is 0.429. The number of carbonyl (C=O) groups is 1. The van der Waals surface area contributed by atoms with E-state index < -0.39 is 5.41 Å². The van der Waals surface area contributed by atoms with Crippen LogP contribution in [0.4, 0.5) is 0 Å². The zero-order valence-electron chi connectivity index (χ0n) is 17.2. The van der Waals surface area contributed by atoms with Crippen LogP contribution in [-0.4, -0.2) is 31.5 Å². The van der Waals surface area contributed by atoms with E-state index in [0.29, 0.717) is 15.0 Å². The first kappa shape index (κ1) is 21.7. The molecule has 3 aromatic heterocycles. The maximum absolute atomic E-state index is 12.7. The second kappa shape index (κ2) is 8.89. The van der Waals surface area contributed by atoms with Crippen molar-refractivity contribution in [3.05, 3.63) is 74.3 Å². The molecule has 1 atom stereocenters. The Morgan fingerprint density at radius 2 is 1.94 bits per heavy atom. The summed E-state index contributed by atoms with van der Waals surface area (Å²) in [4.78, 5) is 26.9. The van der Waals surface area contributed by atoms with Crippen molar-refractivity contribution in [3.8, 4) is 0 Å². The van der Waals surface area contributed by atoms with Crippen molar-refractivity contribution in [2.24, 2.45) is 0 Å². The Morgan fingerprint density at radius 1 is 1.16 bits per heavy atom. The van der Waals surface area contributed by atoms with Gasteiger partial charge in [0, 0.05) is 10.3 Å². The Bertz CT molecular complexity index is 1240. The fraction of sp³-hybridized carbons (Fsp3) is 0.286. The maximum atomic E-state index is 12.7. The SMILES string of the molecule is CC(C)(C)c1nnc2sc(SCC(=O)N[C@H](c3ccccc3)c3cccs3)nn2c1=O. The predicted octanol–water partition coefficient (Wildman–Crippen LogP) is 3.90. The van der Waals surface area contributed by atoms with Crippen molar-refractivity contribution < 1.29 is 4.79 Å². The van der Waals surface area contributed by atoms with E-state index in [1.807, 2.05) is 68.6 Å². The number of thioether (sulfide) groups is 1. The molecule has 0 saturated heterocycles. The molecule has 31 heavy (non-hydrogen) atoms. The summed E-state index contributed by atoms with van der Waals surface area (Å²) in [6, 6.07) is 13.7. The number of aromatic nitrogens is 4. The third-order valence-electron chi connectivity index (χ3n) is 4.48. The Hall–Kier alpha value is -2.56. The Balaban J connectivity index is 1.48. The predicted molar refractivity (Wildman–Crippen MR) is 125 cm³/mol. The van der Waals surface area contributed by atoms with Gasteiger partial charge >= 0.3 is 0 Å². The molecule has 0 bridgehead atoms. The van der Waals surface area contributed by atoms with Crippen LogP contribution in [0.1, 0.15) is 42.9 Å². The Kier molecular flexibility index (Phi) is 6.22. The van der Waals surface area contributed by atoms with E-state index in [1.54, 1.807) is 11.3 Å². The molecule has 3 heterocycles. The summed E-state index contributed by atoms with van der Waals surface area (Å²) in [5.74, 6) is 0.0726. The highest BCUT2D eigenvalue weighted by Gasteiger charge is 2.23. The first-order valence-corrected chi connectivity index (χ1v) is 12.3. The molecule has 0 aliphatic rings. The van der Waals surface area contributed by atoms with Gasteiger partial charge in [-0.2, -0.15) is 4.52 Å². The average molecular weight is 472 g/mol. The zero-order chi connectivity index (χ0) is 22.0. The van der Waals surface area contributed by atoms with Gasteiger partial charge in [0.15, 0.2) is 4.34 Å². The van der Waals surface area contributed by atoms with Gasteiger partial charge in [-0.05, 0) is 17.0 Å². The van der Waals surface area contributed by atoms with Crippen molar-refractivity contribution in [1.82, 2.24) is 25.1 Å². The van der Waals surface area contributed by atoms with Gasteiger partial charge in [0.05, 0.1) is 11.8 Å². The monoisotopic (exact) mass is 471 g/mol. The number of hydrogen-bond donors (Lipinski definition) is 1. The normalized spacial score (nSPS) is 12.7. The number of thiophene rings is 1. The van der Waals surface area contributed by atoms with Crippen LogP contribution in [0.2, 0.25) is 0 Å². The number of nitrogens with zero attached hydrogens (tertiary/aromatic N) is 4. The van der Waals surface area contributed by atoms with E-state index in [4.69, 9.17) is 0 Å². The van der Waals surface area contributed by atoms with Crippen LogP contribution in [0.3, 0.4) is 0 Å². The molecule has 0 radical (unpaired) electrons. The third-order valence-corrected chi connectivity index (χ3v) is 7.44. The second-order valence-corrected chi connectivity index (χ2v) is 11.0. The van der Waals surface area contributed by atoms with Crippen molar-refractivity contribution >= 4 is 45.3 Å². The molecule has 4 aromatic rings. The van der Waals surface area contributed by atoms with Gasteiger partial charge < -0.3 is 5.32 Å². The Labute approximate surface area is 191 Å². The summed E-state index contributed by atoms with van der Waals surface area (Å²) in [6.07, 6.45) is 0. The largest absolute Gasteiger partial charge is 0.344 e. The minimum absolute atomic E-state index is 0.111. The molecule has 160 valence electrons. The molecule has 7 nitrogen and oxygen atoms in total. The molecular weight excluding hydrogens is 450 g/mol. The average Bonchev–Trinajstić information content (AvgIpc) is 3.40. The van der Waals surface area contributed by atoms with Crippen LogP contribution in [0.5, 0.6) is 0 Å². The van der Waals surface area contributed by atoms with Crippen LogP contribution < -0.4 is 10.9 Å². The molecule has 0 fully saturated rings. The van der Waals surface area contributed by atoms with Gasteiger partial charge in [-0.25, -0.2) is 0 Å². The van der Waals surface area contributed by atoms with Crippen LogP contribution >= 0.6 is 34.4 Å². The van der Waals surface area contributed by atoms with Gasteiger partial charge in [0.1, 0.15) is 5.69 Å². The lowest BCUT2D eigenvalue weighted by atomic mass is 9.93. The van der Waals surface area contributed by atoms with Crippen LogP contribution in [-0.2, 0) is 10.2 Å². The summed E-state index contributed by atoms with van der Waals surface area (Å²) in [5, 5.41) is 17.7. The van der Waals surface area contributed by atoms with E-state index in [9.17, 15) is 9.59 Å². The Morgan fingerprint density at radius 3 is 2.61 bits per heavy atom. The molecule has 0 unspecified atom stereocenters. The van der Waals surface area contributed by atoms with Gasteiger partial charge in [-0.1, -0.05) is 80.3 Å². The standard InChI is InChI=1S/C21H21N5O2S3/c1-21(2,3)17-18(28)26-19(24-23-17)31-20(25-26)30-12-15(27)22-16(14-10-7-11-29-14)13-8-5-4-6-9-13/h4-11,16H,12H2,1-3H3,(H,22,27)/t16-/m1/s1. The number of rotatable bonds is 6. The summed E-state index contributed by atoms with van der Waals surface area (Å²) >= 11 is 4.14. The van der Waals surface area contributed by atoms with E-state index in [1.165, 1.54) is 27.6 Å². The summed E-state index contributed by atoms with van der Waals surface area (Å²) < 4.78 is 1.87. The number of nitrogens with one attached hydrogen (secondary N) is 1.